The smallest absolute Gasteiger partial charge is 0.386 e. The van der Waals surface area contributed by atoms with Gasteiger partial charge in [0.15, 0.2) is 11.6 Å². The molecule has 66 valence electrons. The largest absolute Gasteiger partial charge is 0.529 e. The van der Waals surface area contributed by atoms with Crippen molar-refractivity contribution < 1.29 is 23.2 Å². The highest BCUT2D eigenvalue weighted by Crippen LogP contribution is 2.03. The van der Waals surface area contributed by atoms with E-state index in [9.17, 15) is 8.78 Å². The van der Waals surface area contributed by atoms with E-state index in [0.29, 0.717) is 6.07 Å². The van der Waals surface area contributed by atoms with Crippen LogP contribution in [0, 0.1) is 11.6 Å². The zero-order chi connectivity index (χ0) is 9.35. The van der Waals surface area contributed by atoms with Crippen LogP contribution in [0.2, 0.25) is 0 Å². The van der Waals surface area contributed by atoms with Crippen LogP contribution in [0.3, 0.4) is 0 Å². The van der Waals surface area contributed by atoms with Crippen LogP contribution >= 0.6 is 0 Å². The van der Waals surface area contributed by atoms with Gasteiger partial charge in [0.2, 0.25) is 0 Å². The van der Waals surface area contributed by atoms with E-state index in [1.54, 1.807) is 0 Å². The lowest BCUT2D eigenvalue weighted by Gasteiger charge is -2.08. The van der Waals surface area contributed by atoms with E-state index in [0.717, 1.165) is 12.1 Å². The van der Waals surface area contributed by atoms with Crippen molar-refractivity contribution >= 4 is 14.0 Å². The minimum absolute atomic E-state index is 0.388. The number of benzene rings is 1. The third-order valence-corrected chi connectivity index (χ3v) is 2.39. The maximum absolute atomic E-state index is 12.4. The van der Waals surface area contributed by atoms with Crippen molar-refractivity contribution in [2.24, 2.45) is 0 Å². The summed E-state index contributed by atoms with van der Waals surface area (Å²) >= 11 is 0. The van der Waals surface area contributed by atoms with Crippen molar-refractivity contribution in [3.63, 3.8) is 0 Å². The molecule has 0 radical (unpaired) electrons. The van der Waals surface area contributed by atoms with Crippen molar-refractivity contribution in [2.45, 2.75) is 0 Å². The molecule has 0 bridgehead atoms. The highest BCUT2D eigenvalue weighted by Gasteiger charge is 2.30. The zero-order valence-corrected chi connectivity index (χ0v) is 6.83. The number of halogens is 2. The molecule has 12 heavy (non-hydrogen) atoms. The average Bonchev–Trinajstić information content (AvgIpc) is 1.92. The molecule has 0 aromatic heterocycles. The quantitative estimate of drug-likeness (QED) is 0.505. The van der Waals surface area contributed by atoms with Crippen LogP contribution in [0.5, 0.6) is 0 Å². The van der Waals surface area contributed by atoms with E-state index in [-0.39, 0.29) is 5.19 Å². The van der Waals surface area contributed by atoms with Crippen LogP contribution in [0.25, 0.3) is 0 Å². The summed E-state index contributed by atoms with van der Waals surface area (Å²) in [7, 11) is -4.49. The van der Waals surface area contributed by atoms with Gasteiger partial charge in [0.25, 0.3) is 0 Å². The molecule has 1 aromatic carbocycles. The molecule has 0 saturated carbocycles. The maximum Gasteiger partial charge on any atom is 0.529 e. The van der Waals surface area contributed by atoms with Gasteiger partial charge >= 0.3 is 8.80 Å². The lowest BCUT2D eigenvalue weighted by molar-refractivity contribution is 0.249. The predicted octanol–water partition coefficient (Wildman–Crippen LogP) is -0.912. The summed E-state index contributed by atoms with van der Waals surface area (Å²) in [6, 6.07) is 2.20. The Bertz CT molecular complexity index is 297. The van der Waals surface area contributed by atoms with Crippen molar-refractivity contribution in [1.29, 1.82) is 0 Å². The highest BCUT2D eigenvalue weighted by atomic mass is 28.4. The number of hydrogen-bond acceptors (Lipinski definition) is 3. The molecule has 0 unspecified atom stereocenters. The Hall–Kier alpha value is -0.823. The SMILES string of the molecule is O[Si](O)(O)c1ccc(F)c(F)c1. The topological polar surface area (TPSA) is 60.7 Å². The molecule has 6 heteroatoms. The first-order valence-electron chi connectivity index (χ1n) is 3.04. The second-order valence-corrected chi connectivity index (χ2v) is 4.11. The van der Waals surface area contributed by atoms with E-state index in [1.165, 1.54) is 0 Å². The molecule has 0 aliphatic heterocycles. The van der Waals surface area contributed by atoms with Gasteiger partial charge in [-0.1, -0.05) is 6.07 Å². The van der Waals surface area contributed by atoms with Gasteiger partial charge in [-0.3, -0.25) is 0 Å². The van der Waals surface area contributed by atoms with Crippen molar-refractivity contribution in [2.75, 3.05) is 0 Å². The van der Waals surface area contributed by atoms with Gasteiger partial charge in [0.1, 0.15) is 0 Å². The molecule has 3 nitrogen and oxygen atoms in total. The molecule has 0 heterocycles. The molecule has 0 spiro atoms. The van der Waals surface area contributed by atoms with E-state index in [2.05, 4.69) is 0 Å². The summed E-state index contributed by atoms with van der Waals surface area (Å²) < 4.78 is 24.7. The van der Waals surface area contributed by atoms with Crippen molar-refractivity contribution in [1.82, 2.24) is 0 Å². The first kappa shape index (κ1) is 9.27. The minimum Gasteiger partial charge on any atom is -0.386 e. The molecule has 0 atom stereocenters. The van der Waals surface area contributed by atoms with Gasteiger partial charge < -0.3 is 14.4 Å². The highest BCUT2D eigenvalue weighted by molar-refractivity contribution is 6.71. The molecular formula is C6H6F2O3Si. The number of hydrogen-bond donors (Lipinski definition) is 3. The molecule has 1 rings (SSSR count). The molecule has 3 N–H and O–H groups in total. The normalized spacial score (nSPS) is 11.8. The summed E-state index contributed by atoms with van der Waals surface area (Å²) in [4.78, 5) is 26.0. The van der Waals surface area contributed by atoms with Gasteiger partial charge in [-0.25, -0.2) is 8.78 Å². The molecule has 0 aliphatic rings. The molecule has 0 fully saturated rings. The molecule has 0 aliphatic carbocycles. The summed E-state index contributed by atoms with van der Waals surface area (Å²) in [5.41, 5.74) is 0. The molecule has 0 amide bonds. The molecule has 1 aromatic rings. The first-order chi connectivity index (χ1) is 5.41. The van der Waals surface area contributed by atoms with E-state index >= 15 is 0 Å². The van der Waals surface area contributed by atoms with Crippen LogP contribution in [0.4, 0.5) is 8.78 Å². The fourth-order valence-corrected chi connectivity index (χ4v) is 1.33. The Balaban J connectivity index is 3.14. The van der Waals surface area contributed by atoms with Crippen LogP contribution in [0.15, 0.2) is 18.2 Å². The molecule has 0 saturated heterocycles. The summed E-state index contributed by atoms with van der Waals surface area (Å²) in [6.07, 6.45) is 0. The van der Waals surface area contributed by atoms with Crippen LogP contribution in [-0.2, 0) is 0 Å². The van der Waals surface area contributed by atoms with Crippen LogP contribution < -0.4 is 5.19 Å². The van der Waals surface area contributed by atoms with E-state index < -0.39 is 20.4 Å². The van der Waals surface area contributed by atoms with Gasteiger partial charge in [0.05, 0.1) is 0 Å². The average molecular weight is 192 g/mol. The fraction of sp³-hybridized carbons (Fsp3) is 0. The minimum atomic E-state index is -4.49. The van der Waals surface area contributed by atoms with Gasteiger partial charge in [-0.15, -0.1) is 0 Å². The number of rotatable bonds is 1. The second-order valence-electron chi connectivity index (χ2n) is 2.26. The summed E-state index contributed by atoms with van der Waals surface area (Å²) in [5, 5.41) is -0.388. The third kappa shape index (κ3) is 1.86. The van der Waals surface area contributed by atoms with Gasteiger partial charge in [-0.2, -0.15) is 0 Å². The standard InChI is InChI=1S/C6H6F2O3Si/c7-5-2-1-4(3-6(5)8)12(9,10)11/h1-3,9-11H. The van der Waals surface area contributed by atoms with Crippen LogP contribution in [0.1, 0.15) is 0 Å². The lowest BCUT2D eigenvalue weighted by atomic mass is 10.3. The fourth-order valence-electron chi connectivity index (χ4n) is 0.705. The molecular weight excluding hydrogens is 186 g/mol. The summed E-state index contributed by atoms with van der Waals surface area (Å²) in [6.45, 7) is 0. The third-order valence-electron chi connectivity index (χ3n) is 1.31. The van der Waals surface area contributed by atoms with Crippen molar-refractivity contribution in [3.8, 4) is 0 Å². The zero-order valence-electron chi connectivity index (χ0n) is 5.83. The van der Waals surface area contributed by atoms with E-state index in [1.807, 2.05) is 0 Å². The Kier molecular flexibility index (Phi) is 2.24. The van der Waals surface area contributed by atoms with Crippen molar-refractivity contribution in [3.05, 3.63) is 29.8 Å². The van der Waals surface area contributed by atoms with Crippen LogP contribution in [-0.4, -0.2) is 23.2 Å². The van der Waals surface area contributed by atoms with Gasteiger partial charge in [0, 0.05) is 5.19 Å². The predicted molar refractivity (Wildman–Crippen MR) is 38.4 cm³/mol. The van der Waals surface area contributed by atoms with E-state index in [4.69, 9.17) is 14.4 Å². The Labute approximate surface area is 67.9 Å². The Morgan fingerprint density at radius 1 is 1.00 bits per heavy atom. The first-order valence-corrected chi connectivity index (χ1v) is 4.88. The Morgan fingerprint density at radius 3 is 2.00 bits per heavy atom. The maximum atomic E-state index is 12.4. The van der Waals surface area contributed by atoms with Gasteiger partial charge in [-0.05, 0) is 12.1 Å². The summed E-state index contributed by atoms with van der Waals surface area (Å²) in [5.74, 6) is -2.32. The Morgan fingerprint density at radius 2 is 1.58 bits per heavy atom. The lowest BCUT2D eigenvalue weighted by Crippen LogP contribution is -2.48. The monoisotopic (exact) mass is 192 g/mol. The second kappa shape index (κ2) is 2.90.